The van der Waals surface area contributed by atoms with E-state index in [-0.39, 0.29) is 28.9 Å². The third kappa shape index (κ3) is 6.17. The first-order valence-electron chi connectivity index (χ1n) is 13.8. The SMILES string of the molecule is Cc1ccc(C(=O)Nc2ccon2)cc1Nc1ncnn2cc(C(=O)N(C(=O)OCOC(=O)c3ccncc3)C3CC3)c(C)c12. The van der Waals surface area contributed by atoms with E-state index in [9.17, 15) is 19.2 Å². The van der Waals surface area contributed by atoms with Gasteiger partial charge in [-0.15, -0.1) is 0 Å². The number of rotatable bonds is 9. The number of pyridine rings is 1. The Hall–Kier alpha value is -6.12. The molecule has 5 aromatic rings. The predicted molar refractivity (Wildman–Crippen MR) is 157 cm³/mol. The van der Waals surface area contributed by atoms with Gasteiger partial charge >= 0.3 is 12.1 Å². The topological polar surface area (TPSA) is 183 Å². The molecular weight excluding hydrogens is 584 g/mol. The molecule has 1 aromatic carbocycles. The second kappa shape index (κ2) is 12.2. The summed E-state index contributed by atoms with van der Waals surface area (Å²) in [5.41, 5.74) is 3.27. The maximum atomic E-state index is 13.7. The van der Waals surface area contributed by atoms with E-state index in [1.165, 1.54) is 53.9 Å². The van der Waals surface area contributed by atoms with Crippen LogP contribution >= 0.6 is 0 Å². The molecule has 0 saturated heterocycles. The summed E-state index contributed by atoms with van der Waals surface area (Å²) in [6.07, 6.45) is 7.37. The lowest BCUT2D eigenvalue weighted by Gasteiger charge is -2.19. The van der Waals surface area contributed by atoms with Crippen LogP contribution in [0.1, 0.15) is 55.0 Å². The van der Waals surface area contributed by atoms with Crippen LogP contribution in [0.2, 0.25) is 0 Å². The standard InChI is InChI=1S/C30H26N8O7/c1-17-3-4-20(27(39)35-24-9-12-45-36-24)13-23(17)34-26-25-18(2)22(14-37(25)33-15-32-26)28(40)38(21-5-6-21)30(42)44-16-43-29(41)19-7-10-31-11-8-19/h3-4,7-15,21H,5-6,16H2,1-2H3,(H,32,33,34)(H,35,36,39). The quantitative estimate of drug-likeness (QED) is 0.179. The molecule has 228 valence electrons. The molecule has 1 fully saturated rings. The van der Waals surface area contributed by atoms with Gasteiger partial charge < -0.3 is 24.6 Å². The van der Waals surface area contributed by atoms with Crippen LogP contribution in [0, 0.1) is 13.8 Å². The van der Waals surface area contributed by atoms with Gasteiger partial charge in [-0.05, 0) is 62.1 Å². The van der Waals surface area contributed by atoms with E-state index in [2.05, 4.69) is 30.9 Å². The minimum Gasteiger partial charge on any atom is -0.424 e. The Balaban J connectivity index is 1.20. The second-order valence-corrected chi connectivity index (χ2v) is 10.2. The number of anilines is 3. The summed E-state index contributed by atoms with van der Waals surface area (Å²) in [6.45, 7) is 2.92. The van der Waals surface area contributed by atoms with Gasteiger partial charge in [-0.1, -0.05) is 11.2 Å². The van der Waals surface area contributed by atoms with E-state index >= 15 is 0 Å². The fraction of sp³-hybridized carbons (Fsp3) is 0.200. The third-order valence-corrected chi connectivity index (χ3v) is 7.11. The number of hydrogen-bond acceptors (Lipinski definition) is 12. The van der Waals surface area contributed by atoms with Gasteiger partial charge in [0.25, 0.3) is 11.8 Å². The molecule has 4 aromatic heterocycles. The Labute approximate surface area is 255 Å². The van der Waals surface area contributed by atoms with Crippen LogP contribution in [0.25, 0.3) is 5.52 Å². The molecule has 45 heavy (non-hydrogen) atoms. The largest absolute Gasteiger partial charge is 0.424 e. The number of imide groups is 1. The number of hydrogen-bond donors (Lipinski definition) is 2. The fourth-order valence-corrected chi connectivity index (χ4v) is 4.59. The molecule has 3 amide bonds. The molecule has 0 unspecified atom stereocenters. The van der Waals surface area contributed by atoms with Crippen molar-refractivity contribution in [2.45, 2.75) is 32.7 Å². The summed E-state index contributed by atoms with van der Waals surface area (Å²) in [4.78, 5) is 60.9. The van der Waals surface area contributed by atoms with Crippen molar-refractivity contribution >= 4 is 46.7 Å². The number of aryl methyl sites for hydroxylation is 2. The third-order valence-electron chi connectivity index (χ3n) is 7.11. The second-order valence-electron chi connectivity index (χ2n) is 10.2. The number of nitrogens with zero attached hydrogens (tertiary/aromatic N) is 6. The van der Waals surface area contributed by atoms with Crippen molar-refractivity contribution in [3.63, 3.8) is 0 Å². The fourth-order valence-electron chi connectivity index (χ4n) is 4.59. The first kappa shape index (κ1) is 29.0. The number of benzene rings is 1. The number of fused-ring (bicyclic) bond motifs is 1. The molecule has 1 aliphatic carbocycles. The molecule has 15 nitrogen and oxygen atoms in total. The van der Waals surface area contributed by atoms with Crippen LogP contribution < -0.4 is 10.6 Å². The summed E-state index contributed by atoms with van der Waals surface area (Å²) in [7, 11) is 0. The van der Waals surface area contributed by atoms with Crippen molar-refractivity contribution in [3.8, 4) is 0 Å². The summed E-state index contributed by atoms with van der Waals surface area (Å²) < 4.78 is 16.4. The van der Waals surface area contributed by atoms with Crippen molar-refractivity contribution in [2.24, 2.45) is 0 Å². The summed E-state index contributed by atoms with van der Waals surface area (Å²) >= 11 is 0. The first-order chi connectivity index (χ1) is 21.8. The highest BCUT2D eigenvalue weighted by Crippen LogP contribution is 2.32. The molecule has 4 heterocycles. The molecule has 15 heteroatoms. The molecule has 6 rings (SSSR count). The first-order valence-corrected chi connectivity index (χ1v) is 13.8. The number of esters is 1. The lowest BCUT2D eigenvalue weighted by Crippen LogP contribution is -2.39. The maximum absolute atomic E-state index is 13.7. The summed E-state index contributed by atoms with van der Waals surface area (Å²) in [6, 6.07) is 9.24. The Bertz CT molecular complexity index is 1900. The van der Waals surface area contributed by atoms with E-state index in [4.69, 9.17) is 14.0 Å². The number of aromatic nitrogens is 5. The van der Waals surface area contributed by atoms with Gasteiger partial charge in [-0.25, -0.2) is 24.0 Å². The molecule has 2 N–H and O–H groups in total. The molecule has 0 radical (unpaired) electrons. The molecular formula is C30H26N8O7. The van der Waals surface area contributed by atoms with Gasteiger partial charge in [-0.2, -0.15) is 5.10 Å². The van der Waals surface area contributed by atoms with E-state index in [0.29, 0.717) is 41.0 Å². The van der Waals surface area contributed by atoms with E-state index in [0.717, 1.165) is 10.5 Å². The van der Waals surface area contributed by atoms with Gasteiger partial charge in [0.15, 0.2) is 11.6 Å². The van der Waals surface area contributed by atoms with Crippen molar-refractivity contribution in [1.29, 1.82) is 0 Å². The molecule has 0 bridgehead atoms. The molecule has 0 aliphatic heterocycles. The Kier molecular flexibility index (Phi) is 7.88. The Morgan fingerprint density at radius 2 is 1.84 bits per heavy atom. The van der Waals surface area contributed by atoms with Crippen LogP contribution in [0.5, 0.6) is 0 Å². The summed E-state index contributed by atoms with van der Waals surface area (Å²) in [5, 5.41) is 13.9. The van der Waals surface area contributed by atoms with Crippen molar-refractivity contribution in [1.82, 2.24) is 29.6 Å². The maximum Gasteiger partial charge on any atom is 0.419 e. The minimum absolute atomic E-state index is 0.216. The van der Waals surface area contributed by atoms with Crippen molar-refractivity contribution in [3.05, 3.63) is 95.4 Å². The highest BCUT2D eigenvalue weighted by Gasteiger charge is 2.40. The zero-order valence-electron chi connectivity index (χ0n) is 24.1. The molecule has 0 spiro atoms. The number of amides is 3. The number of carbonyl (C=O) groups excluding carboxylic acids is 4. The van der Waals surface area contributed by atoms with Crippen LogP contribution in [0.4, 0.5) is 22.1 Å². The lowest BCUT2D eigenvalue weighted by atomic mass is 10.1. The van der Waals surface area contributed by atoms with Crippen LogP contribution in [0.15, 0.2) is 72.1 Å². The van der Waals surface area contributed by atoms with Gasteiger partial charge in [0.2, 0.25) is 6.79 Å². The molecule has 1 saturated carbocycles. The number of ether oxygens (including phenoxy) is 2. The van der Waals surface area contributed by atoms with Crippen LogP contribution in [-0.2, 0) is 9.47 Å². The van der Waals surface area contributed by atoms with E-state index in [1.54, 1.807) is 25.1 Å². The molecule has 0 atom stereocenters. The Morgan fingerprint density at radius 1 is 1.04 bits per heavy atom. The van der Waals surface area contributed by atoms with Gasteiger partial charge in [0, 0.05) is 41.9 Å². The smallest absolute Gasteiger partial charge is 0.419 e. The van der Waals surface area contributed by atoms with Gasteiger partial charge in [0.05, 0.1) is 11.1 Å². The Morgan fingerprint density at radius 3 is 2.58 bits per heavy atom. The summed E-state index contributed by atoms with van der Waals surface area (Å²) in [5.74, 6) is -1.00. The predicted octanol–water partition coefficient (Wildman–Crippen LogP) is 4.28. The van der Waals surface area contributed by atoms with Gasteiger partial charge in [0.1, 0.15) is 18.1 Å². The number of carbonyl (C=O) groups is 4. The van der Waals surface area contributed by atoms with Crippen LogP contribution in [-0.4, -0.2) is 66.4 Å². The van der Waals surface area contributed by atoms with Crippen molar-refractivity contribution < 1.29 is 33.2 Å². The highest BCUT2D eigenvalue weighted by molar-refractivity contribution is 6.06. The zero-order chi connectivity index (χ0) is 31.5. The normalized spacial score (nSPS) is 12.4. The lowest BCUT2D eigenvalue weighted by molar-refractivity contribution is -0.0110. The van der Waals surface area contributed by atoms with Gasteiger partial charge in [-0.3, -0.25) is 14.6 Å². The monoisotopic (exact) mass is 610 g/mol. The minimum atomic E-state index is -0.930. The molecule has 1 aliphatic rings. The number of nitrogens with one attached hydrogen (secondary N) is 2. The van der Waals surface area contributed by atoms with Crippen molar-refractivity contribution in [2.75, 3.05) is 17.4 Å². The van der Waals surface area contributed by atoms with E-state index in [1.807, 2.05) is 6.92 Å². The van der Waals surface area contributed by atoms with E-state index < -0.39 is 24.8 Å². The average molecular weight is 611 g/mol. The highest BCUT2D eigenvalue weighted by atomic mass is 16.7. The zero-order valence-corrected chi connectivity index (χ0v) is 24.1. The average Bonchev–Trinajstić information content (AvgIpc) is 3.62. The van der Waals surface area contributed by atoms with Crippen LogP contribution in [0.3, 0.4) is 0 Å².